The van der Waals surface area contributed by atoms with Crippen molar-refractivity contribution in [2.75, 3.05) is 7.11 Å². The fourth-order valence-electron chi connectivity index (χ4n) is 2.83. The second-order valence-corrected chi connectivity index (χ2v) is 5.81. The zero-order valence-corrected chi connectivity index (χ0v) is 13.0. The third kappa shape index (κ3) is 2.79. The molecule has 120 valence electrons. The van der Waals surface area contributed by atoms with Crippen LogP contribution in [0, 0.1) is 18.6 Å². The maximum atomic E-state index is 14.0. The van der Waals surface area contributed by atoms with E-state index >= 15 is 0 Å². The number of hydrogen-bond acceptors (Lipinski definition) is 2. The minimum atomic E-state index is -0.837. The molecule has 23 heavy (non-hydrogen) atoms. The van der Waals surface area contributed by atoms with E-state index in [1.54, 1.807) is 25.1 Å². The molecule has 3 nitrogen and oxygen atoms in total. The minimum absolute atomic E-state index is 0.193. The topological polar surface area (TPSA) is 38.3 Å². The van der Waals surface area contributed by atoms with Crippen molar-refractivity contribution in [1.29, 1.82) is 0 Å². The van der Waals surface area contributed by atoms with Crippen molar-refractivity contribution in [3.05, 3.63) is 64.7 Å². The number of methoxy groups -OCH3 is 1. The Hall–Kier alpha value is -2.43. The zero-order chi connectivity index (χ0) is 16.6. The number of rotatable bonds is 4. The molecule has 0 heterocycles. The molecule has 1 N–H and O–H groups in total. The van der Waals surface area contributed by atoms with Crippen LogP contribution in [0.2, 0.25) is 0 Å². The van der Waals surface area contributed by atoms with Crippen LogP contribution in [-0.4, -0.2) is 13.0 Å². The van der Waals surface area contributed by atoms with E-state index in [0.717, 1.165) is 23.8 Å². The Balaban J connectivity index is 1.93. The average molecular weight is 317 g/mol. The molecule has 0 spiro atoms. The Bertz CT molecular complexity index is 770. The molecule has 1 saturated carbocycles. The summed E-state index contributed by atoms with van der Waals surface area (Å²) in [5, 5.41) is 2.86. The van der Waals surface area contributed by atoms with Crippen molar-refractivity contribution in [2.24, 2.45) is 0 Å². The molecule has 2 aromatic rings. The first-order valence-corrected chi connectivity index (χ1v) is 7.38. The number of ether oxygens (including phenoxy) is 1. The first-order valence-electron chi connectivity index (χ1n) is 7.38. The molecule has 1 aliphatic rings. The predicted molar refractivity (Wildman–Crippen MR) is 82.5 cm³/mol. The van der Waals surface area contributed by atoms with Crippen LogP contribution in [0.15, 0.2) is 36.4 Å². The number of hydrogen-bond donors (Lipinski definition) is 1. The summed E-state index contributed by atoms with van der Waals surface area (Å²) in [4.78, 5) is 12.7. The lowest BCUT2D eigenvalue weighted by atomic mass is 10.0. The van der Waals surface area contributed by atoms with Crippen molar-refractivity contribution < 1.29 is 18.3 Å². The van der Waals surface area contributed by atoms with E-state index in [4.69, 9.17) is 4.74 Å². The molecule has 1 aliphatic carbocycles. The Morgan fingerprint density at radius 2 is 1.96 bits per heavy atom. The molecule has 0 unspecified atom stereocenters. The summed E-state index contributed by atoms with van der Waals surface area (Å²) >= 11 is 0. The number of amides is 1. The molecule has 0 aromatic heterocycles. The lowest BCUT2D eigenvalue weighted by Gasteiger charge is -2.20. The van der Waals surface area contributed by atoms with Gasteiger partial charge in [0.1, 0.15) is 17.4 Å². The molecule has 0 radical (unpaired) electrons. The van der Waals surface area contributed by atoms with Gasteiger partial charge >= 0.3 is 0 Å². The van der Waals surface area contributed by atoms with Gasteiger partial charge in [-0.2, -0.15) is 0 Å². The minimum Gasteiger partial charge on any atom is -0.496 e. The molecule has 0 aliphatic heterocycles. The molecule has 5 heteroatoms. The fraction of sp³-hybridized carbons (Fsp3) is 0.278. The number of halogens is 2. The van der Waals surface area contributed by atoms with E-state index in [-0.39, 0.29) is 11.5 Å². The first kappa shape index (κ1) is 15.5. The molecule has 1 fully saturated rings. The first-order chi connectivity index (χ1) is 11.0. The maximum absolute atomic E-state index is 14.0. The number of nitrogens with one attached hydrogen (secondary N) is 1. The van der Waals surface area contributed by atoms with Crippen LogP contribution in [0.4, 0.5) is 8.78 Å². The highest BCUT2D eigenvalue weighted by Crippen LogP contribution is 2.47. The van der Waals surface area contributed by atoms with E-state index in [2.05, 4.69) is 5.32 Å². The Morgan fingerprint density at radius 3 is 2.61 bits per heavy atom. The maximum Gasteiger partial charge on any atom is 0.256 e. The van der Waals surface area contributed by atoms with Gasteiger partial charge in [0.05, 0.1) is 18.2 Å². The highest BCUT2D eigenvalue weighted by Gasteiger charge is 2.48. The Kier molecular flexibility index (Phi) is 3.80. The smallest absolute Gasteiger partial charge is 0.256 e. The van der Waals surface area contributed by atoms with E-state index in [1.807, 2.05) is 0 Å². The van der Waals surface area contributed by atoms with E-state index in [9.17, 15) is 13.6 Å². The Labute approximate surface area is 133 Å². The van der Waals surface area contributed by atoms with Crippen LogP contribution in [0.3, 0.4) is 0 Å². The van der Waals surface area contributed by atoms with Crippen LogP contribution < -0.4 is 10.1 Å². The molecule has 2 aromatic carbocycles. The van der Waals surface area contributed by atoms with Gasteiger partial charge in [-0.3, -0.25) is 4.79 Å². The third-order valence-electron chi connectivity index (χ3n) is 4.23. The molecule has 0 atom stereocenters. The van der Waals surface area contributed by atoms with Crippen LogP contribution in [-0.2, 0) is 5.54 Å². The molecule has 0 saturated heterocycles. The van der Waals surface area contributed by atoms with Crippen molar-refractivity contribution in [3.8, 4) is 5.75 Å². The summed E-state index contributed by atoms with van der Waals surface area (Å²) < 4.78 is 32.7. The summed E-state index contributed by atoms with van der Waals surface area (Å²) in [7, 11) is 1.49. The SMILES string of the molecule is COc1cccc(C)c1C(=O)NC1(c2cc(F)ccc2F)CC1. The normalized spacial score (nSPS) is 15.1. The van der Waals surface area contributed by atoms with Gasteiger partial charge in [0.2, 0.25) is 0 Å². The lowest BCUT2D eigenvalue weighted by molar-refractivity contribution is 0.0926. The third-order valence-corrected chi connectivity index (χ3v) is 4.23. The van der Waals surface area contributed by atoms with Gasteiger partial charge in [-0.1, -0.05) is 12.1 Å². The fourth-order valence-corrected chi connectivity index (χ4v) is 2.83. The van der Waals surface area contributed by atoms with Gasteiger partial charge in [-0.15, -0.1) is 0 Å². The lowest BCUT2D eigenvalue weighted by Crippen LogP contribution is -2.36. The highest BCUT2D eigenvalue weighted by atomic mass is 19.1. The summed E-state index contributed by atoms with van der Waals surface area (Å²) in [6.07, 6.45) is 1.15. The summed E-state index contributed by atoms with van der Waals surface area (Å²) in [5.74, 6) is -0.921. The second kappa shape index (κ2) is 5.65. The number of benzene rings is 2. The number of aryl methyl sites for hydroxylation is 1. The second-order valence-electron chi connectivity index (χ2n) is 5.81. The van der Waals surface area contributed by atoms with Crippen molar-refractivity contribution >= 4 is 5.91 Å². The van der Waals surface area contributed by atoms with Gasteiger partial charge in [-0.25, -0.2) is 8.78 Å². The molecular weight excluding hydrogens is 300 g/mol. The molecule has 0 bridgehead atoms. The average Bonchev–Trinajstić information content (AvgIpc) is 3.29. The summed E-state index contributed by atoms with van der Waals surface area (Å²) in [6, 6.07) is 8.61. The van der Waals surface area contributed by atoms with Crippen LogP contribution in [0.5, 0.6) is 5.75 Å². The Morgan fingerprint density at radius 1 is 1.22 bits per heavy atom. The van der Waals surface area contributed by atoms with Crippen molar-refractivity contribution in [1.82, 2.24) is 5.32 Å². The van der Waals surface area contributed by atoms with Crippen LogP contribution >= 0.6 is 0 Å². The standard InChI is InChI=1S/C18H17F2NO2/c1-11-4-3-5-15(23-2)16(11)17(22)21-18(8-9-18)13-10-12(19)6-7-14(13)20/h3-7,10H,8-9H2,1-2H3,(H,21,22). The van der Waals surface area contributed by atoms with E-state index < -0.39 is 17.2 Å². The van der Waals surface area contributed by atoms with Gasteiger partial charge in [0.15, 0.2) is 0 Å². The van der Waals surface area contributed by atoms with Crippen LogP contribution in [0.25, 0.3) is 0 Å². The van der Waals surface area contributed by atoms with Gasteiger partial charge in [0, 0.05) is 5.56 Å². The highest BCUT2D eigenvalue weighted by molar-refractivity contribution is 5.99. The van der Waals surface area contributed by atoms with Crippen LogP contribution in [0.1, 0.15) is 34.3 Å². The predicted octanol–water partition coefficient (Wildman–Crippen LogP) is 3.70. The largest absolute Gasteiger partial charge is 0.496 e. The zero-order valence-electron chi connectivity index (χ0n) is 13.0. The molecule has 3 rings (SSSR count). The van der Waals surface area contributed by atoms with Crippen molar-refractivity contribution in [3.63, 3.8) is 0 Å². The van der Waals surface area contributed by atoms with Gasteiger partial charge in [0.25, 0.3) is 5.91 Å². The van der Waals surface area contributed by atoms with Gasteiger partial charge in [-0.05, 0) is 49.6 Å². The van der Waals surface area contributed by atoms with Crippen molar-refractivity contribution in [2.45, 2.75) is 25.3 Å². The molecular formula is C18H17F2NO2. The van der Waals surface area contributed by atoms with E-state index in [1.165, 1.54) is 7.11 Å². The summed E-state index contributed by atoms with van der Waals surface area (Å²) in [6.45, 7) is 1.81. The van der Waals surface area contributed by atoms with Gasteiger partial charge < -0.3 is 10.1 Å². The quantitative estimate of drug-likeness (QED) is 0.934. The molecule has 1 amide bonds. The number of carbonyl (C=O) groups is 1. The monoisotopic (exact) mass is 317 g/mol. The van der Waals surface area contributed by atoms with E-state index in [0.29, 0.717) is 24.2 Å². The number of carbonyl (C=O) groups excluding carboxylic acids is 1. The summed E-state index contributed by atoms with van der Waals surface area (Å²) in [5.41, 5.74) is 0.533.